The number of anilines is 1. The van der Waals surface area contributed by atoms with Crippen molar-refractivity contribution in [1.82, 2.24) is 4.72 Å². The Hall–Kier alpha value is -2.09. The van der Waals surface area contributed by atoms with E-state index in [-0.39, 0.29) is 34.2 Å². The Kier molecular flexibility index (Phi) is 7.24. The number of sulfonamides is 1. The van der Waals surface area contributed by atoms with Gasteiger partial charge in [-0.1, -0.05) is 36.7 Å². The average Bonchev–Trinajstić information content (AvgIpc) is 2.60. The lowest BCUT2D eigenvalue weighted by atomic mass is 10.1. The standard InChI is InChI=1S/C19H23ClN2O4S/c1-4-14-7-5-6-8-17(14)21-19(23)12-26-18-10-9-15(11-16(18)20)27(24,25)22-13(2)3/h5-11,13,22H,4,12H2,1-3H3,(H,21,23). The molecule has 0 fully saturated rings. The highest BCUT2D eigenvalue weighted by atomic mass is 35.5. The molecule has 1 amide bonds. The van der Waals surface area contributed by atoms with Crippen LogP contribution in [-0.2, 0) is 21.2 Å². The second-order valence-corrected chi connectivity index (χ2v) is 8.34. The molecule has 0 aliphatic heterocycles. The molecule has 0 aromatic heterocycles. The number of ether oxygens (including phenoxy) is 1. The summed E-state index contributed by atoms with van der Waals surface area (Å²) in [5.74, 6) is -0.0933. The van der Waals surface area contributed by atoms with Gasteiger partial charge in [0, 0.05) is 11.7 Å². The molecule has 2 rings (SSSR count). The number of hydrogen-bond acceptors (Lipinski definition) is 4. The first kappa shape index (κ1) is 21.2. The van der Waals surface area contributed by atoms with E-state index in [1.807, 2.05) is 31.2 Å². The van der Waals surface area contributed by atoms with Crippen molar-refractivity contribution in [1.29, 1.82) is 0 Å². The van der Waals surface area contributed by atoms with Crippen LogP contribution in [0.25, 0.3) is 0 Å². The van der Waals surface area contributed by atoms with Crippen LogP contribution in [0.4, 0.5) is 5.69 Å². The van der Waals surface area contributed by atoms with Gasteiger partial charge in [0.2, 0.25) is 10.0 Å². The number of carbonyl (C=O) groups excluding carboxylic acids is 1. The topological polar surface area (TPSA) is 84.5 Å². The van der Waals surface area contributed by atoms with Crippen LogP contribution in [0.1, 0.15) is 26.3 Å². The number of hydrogen-bond donors (Lipinski definition) is 2. The molecule has 0 saturated carbocycles. The van der Waals surface area contributed by atoms with E-state index in [2.05, 4.69) is 10.0 Å². The molecule has 0 atom stereocenters. The van der Waals surface area contributed by atoms with E-state index in [4.69, 9.17) is 16.3 Å². The Balaban J connectivity index is 2.03. The van der Waals surface area contributed by atoms with Gasteiger partial charge in [-0.25, -0.2) is 13.1 Å². The number of rotatable bonds is 8. The van der Waals surface area contributed by atoms with E-state index in [9.17, 15) is 13.2 Å². The van der Waals surface area contributed by atoms with Crippen molar-refractivity contribution in [2.24, 2.45) is 0 Å². The summed E-state index contributed by atoms with van der Waals surface area (Å²) < 4.78 is 32.2. The van der Waals surface area contributed by atoms with Gasteiger partial charge in [0.1, 0.15) is 5.75 Å². The number of benzene rings is 2. The Morgan fingerprint density at radius 2 is 1.89 bits per heavy atom. The summed E-state index contributed by atoms with van der Waals surface area (Å²) in [6, 6.07) is 11.4. The number of amides is 1. The van der Waals surface area contributed by atoms with E-state index in [1.54, 1.807) is 13.8 Å². The van der Waals surface area contributed by atoms with Gasteiger partial charge in [-0.05, 0) is 50.1 Å². The summed E-state index contributed by atoms with van der Waals surface area (Å²) in [4.78, 5) is 12.2. The van der Waals surface area contributed by atoms with E-state index in [0.29, 0.717) is 0 Å². The third kappa shape index (κ3) is 5.95. The maximum atomic E-state index is 12.2. The lowest BCUT2D eigenvalue weighted by Gasteiger charge is -2.13. The summed E-state index contributed by atoms with van der Waals surface area (Å²) in [5, 5.41) is 2.91. The van der Waals surface area contributed by atoms with Gasteiger partial charge >= 0.3 is 0 Å². The van der Waals surface area contributed by atoms with Crippen LogP contribution < -0.4 is 14.8 Å². The number of carbonyl (C=O) groups is 1. The SMILES string of the molecule is CCc1ccccc1NC(=O)COc1ccc(S(=O)(=O)NC(C)C)cc1Cl. The molecule has 27 heavy (non-hydrogen) atoms. The molecule has 0 saturated heterocycles. The predicted molar refractivity (Wildman–Crippen MR) is 107 cm³/mol. The van der Waals surface area contributed by atoms with Crippen molar-refractivity contribution in [3.8, 4) is 5.75 Å². The van der Waals surface area contributed by atoms with Crippen LogP contribution in [-0.4, -0.2) is 27.0 Å². The van der Waals surface area contributed by atoms with Crippen LogP contribution in [0.15, 0.2) is 47.4 Å². The van der Waals surface area contributed by atoms with Gasteiger partial charge in [0.05, 0.1) is 9.92 Å². The Morgan fingerprint density at radius 3 is 2.52 bits per heavy atom. The van der Waals surface area contributed by atoms with Crippen molar-refractivity contribution in [3.05, 3.63) is 53.1 Å². The second-order valence-electron chi connectivity index (χ2n) is 6.22. The zero-order chi connectivity index (χ0) is 20.0. The summed E-state index contributed by atoms with van der Waals surface area (Å²) in [6.07, 6.45) is 0.795. The molecule has 2 aromatic carbocycles. The van der Waals surface area contributed by atoms with Crippen LogP contribution >= 0.6 is 11.6 Å². The van der Waals surface area contributed by atoms with Crippen molar-refractivity contribution in [3.63, 3.8) is 0 Å². The van der Waals surface area contributed by atoms with Crippen molar-refractivity contribution >= 4 is 33.2 Å². The predicted octanol–water partition coefficient (Wildman–Crippen LogP) is 3.61. The van der Waals surface area contributed by atoms with E-state index < -0.39 is 10.0 Å². The lowest BCUT2D eigenvalue weighted by Crippen LogP contribution is -2.30. The van der Waals surface area contributed by atoms with Crippen molar-refractivity contribution < 1.29 is 17.9 Å². The van der Waals surface area contributed by atoms with Gasteiger partial charge in [-0.15, -0.1) is 0 Å². The average molecular weight is 411 g/mol. The number of halogens is 1. The molecule has 0 bridgehead atoms. The fourth-order valence-corrected chi connectivity index (χ4v) is 4.00. The highest BCUT2D eigenvalue weighted by molar-refractivity contribution is 7.89. The van der Waals surface area contributed by atoms with Gasteiger partial charge in [-0.3, -0.25) is 4.79 Å². The molecule has 0 spiro atoms. The molecule has 8 heteroatoms. The second kappa shape index (κ2) is 9.21. The molecular formula is C19H23ClN2O4S. The molecule has 0 unspecified atom stereocenters. The van der Waals surface area contributed by atoms with E-state index in [1.165, 1.54) is 18.2 Å². The first-order valence-corrected chi connectivity index (χ1v) is 10.4. The largest absolute Gasteiger partial charge is 0.482 e. The summed E-state index contributed by atoms with van der Waals surface area (Å²) in [7, 11) is -3.65. The molecule has 146 valence electrons. The molecule has 0 heterocycles. The van der Waals surface area contributed by atoms with E-state index in [0.717, 1.165) is 17.7 Å². The summed E-state index contributed by atoms with van der Waals surface area (Å²) >= 11 is 6.11. The monoisotopic (exact) mass is 410 g/mol. The molecule has 0 radical (unpaired) electrons. The number of nitrogens with one attached hydrogen (secondary N) is 2. The van der Waals surface area contributed by atoms with Gasteiger partial charge in [-0.2, -0.15) is 0 Å². The van der Waals surface area contributed by atoms with Gasteiger partial charge in [0.25, 0.3) is 5.91 Å². The zero-order valence-electron chi connectivity index (χ0n) is 15.5. The van der Waals surface area contributed by atoms with Crippen LogP contribution in [0.2, 0.25) is 5.02 Å². The fourth-order valence-electron chi connectivity index (χ4n) is 2.42. The Morgan fingerprint density at radius 1 is 1.19 bits per heavy atom. The highest BCUT2D eigenvalue weighted by Gasteiger charge is 2.17. The van der Waals surface area contributed by atoms with Crippen LogP contribution in [0.5, 0.6) is 5.75 Å². The normalized spacial score (nSPS) is 11.4. The van der Waals surface area contributed by atoms with Crippen LogP contribution in [0, 0.1) is 0 Å². The molecule has 0 aliphatic rings. The van der Waals surface area contributed by atoms with Gasteiger partial charge < -0.3 is 10.1 Å². The minimum Gasteiger partial charge on any atom is -0.482 e. The third-order valence-electron chi connectivity index (χ3n) is 3.64. The Bertz CT molecular complexity index is 914. The molecule has 6 nitrogen and oxygen atoms in total. The smallest absolute Gasteiger partial charge is 0.262 e. The van der Waals surface area contributed by atoms with Crippen molar-refractivity contribution in [2.75, 3.05) is 11.9 Å². The van der Waals surface area contributed by atoms with Crippen molar-refractivity contribution in [2.45, 2.75) is 38.1 Å². The maximum absolute atomic E-state index is 12.2. The molecule has 0 aliphatic carbocycles. The fraction of sp³-hybridized carbons (Fsp3) is 0.316. The van der Waals surface area contributed by atoms with Crippen LogP contribution in [0.3, 0.4) is 0 Å². The number of aryl methyl sites for hydroxylation is 1. The molecule has 2 aromatic rings. The molecule has 2 N–H and O–H groups in total. The third-order valence-corrected chi connectivity index (χ3v) is 5.59. The van der Waals surface area contributed by atoms with Gasteiger partial charge in [0.15, 0.2) is 6.61 Å². The minimum atomic E-state index is -3.65. The maximum Gasteiger partial charge on any atom is 0.262 e. The van der Waals surface area contributed by atoms with E-state index >= 15 is 0 Å². The quantitative estimate of drug-likeness (QED) is 0.696. The molecular weight excluding hydrogens is 388 g/mol. The number of para-hydroxylation sites is 1. The first-order chi connectivity index (χ1) is 12.7. The summed E-state index contributed by atoms with van der Waals surface area (Å²) in [6.45, 7) is 5.22. The minimum absolute atomic E-state index is 0.0369. The lowest BCUT2D eigenvalue weighted by molar-refractivity contribution is -0.118. The zero-order valence-corrected chi connectivity index (χ0v) is 17.0. The summed E-state index contributed by atoms with van der Waals surface area (Å²) in [5.41, 5.74) is 1.76. The highest BCUT2D eigenvalue weighted by Crippen LogP contribution is 2.27. The first-order valence-electron chi connectivity index (χ1n) is 8.55. The Labute approximate surface area is 164 Å².